The van der Waals surface area contributed by atoms with E-state index in [1.54, 1.807) is 42.8 Å². The highest BCUT2D eigenvalue weighted by atomic mass is 32.2. The molecule has 2 aromatic heterocycles. The molecule has 0 aliphatic heterocycles. The van der Waals surface area contributed by atoms with Gasteiger partial charge in [-0.3, -0.25) is 9.59 Å². The second kappa shape index (κ2) is 12.6. The van der Waals surface area contributed by atoms with Gasteiger partial charge in [-0.15, -0.1) is 23.1 Å². The molecule has 0 unspecified atom stereocenters. The third-order valence-electron chi connectivity index (χ3n) is 3.75. The Morgan fingerprint density at radius 3 is 2.71 bits per heavy atom. The molecule has 0 saturated heterocycles. The lowest BCUT2D eigenvalue weighted by Crippen LogP contribution is -2.18. The fourth-order valence-electron chi connectivity index (χ4n) is 2.39. The minimum Gasteiger partial charge on any atom is -0.382 e. The number of hydrogen-bond acceptors (Lipinski definition) is 9. The molecule has 3 rings (SSSR count). The van der Waals surface area contributed by atoms with Crippen LogP contribution in [-0.2, 0) is 19.1 Å². The minimum atomic E-state index is -0.196. The van der Waals surface area contributed by atoms with Gasteiger partial charge in [-0.1, -0.05) is 17.8 Å². The molecule has 2 N–H and O–H groups in total. The standard InChI is InChI=1S/C20H22N4O4S3/c1-27-8-9-28-13-30-20-23-15-6-5-14(10-16(15)31-20)22-18(25)11-29-12-19(26)24-17-4-2-3-7-21-17/h2-7,10H,8-9,11-13H2,1H3,(H,22,25)(H,21,24,26). The van der Waals surface area contributed by atoms with Crippen molar-refractivity contribution in [2.24, 2.45) is 0 Å². The van der Waals surface area contributed by atoms with Gasteiger partial charge >= 0.3 is 0 Å². The Kier molecular flexibility index (Phi) is 9.56. The van der Waals surface area contributed by atoms with Crippen LogP contribution in [0.3, 0.4) is 0 Å². The molecule has 0 aliphatic rings. The van der Waals surface area contributed by atoms with E-state index in [1.807, 2.05) is 18.2 Å². The van der Waals surface area contributed by atoms with Crippen molar-refractivity contribution >= 4 is 68.4 Å². The number of amides is 2. The maximum Gasteiger partial charge on any atom is 0.235 e. The number of benzene rings is 1. The lowest BCUT2D eigenvalue weighted by atomic mass is 10.3. The van der Waals surface area contributed by atoms with Crippen LogP contribution in [0.5, 0.6) is 0 Å². The lowest BCUT2D eigenvalue weighted by Gasteiger charge is -2.06. The molecular weight excluding hydrogens is 456 g/mol. The Hall–Kier alpha value is -2.18. The number of carbonyl (C=O) groups is 2. The average molecular weight is 479 g/mol. The van der Waals surface area contributed by atoms with E-state index >= 15 is 0 Å². The van der Waals surface area contributed by atoms with Gasteiger partial charge in [-0.2, -0.15) is 0 Å². The van der Waals surface area contributed by atoms with Crippen LogP contribution < -0.4 is 10.6 Å². The first-order valence-electron chi connectivity index (χ1n) is 9.32. The first-order valence-corrected chi connectivity index (χ1v) is 12.3. The summed E-state index contributed by atoms with van der Waals surface area (Å²) in [6, 6.07) is 10.9. The van der Waals surface area contributed by atoms with Crippen LogP contribution in [0.15, 0.2) is 46.9 Å². The number of aromatic nitrogens is 2. The maximum absolute atomic E-state index is 12.2. The summed E-state index contributed by atoms with van der Waals surface area (Å²) in [4.78, 5) is 32.7. The van der Waals surface area contributed by atoms with E-state index in [-0.39, 0.29) is 23.3 Å². The van der Waals surface area contributed by atoms with Gasteiger partial charge in [-0.25, -0.2) is 9.97 Å². The smallest absolute Gasteiger partial charge is 0.235 e. The Morgan fingerprint density at radius 2 is 1.94 bits per heavy atom. The average Bonchev–Trinajstić information content (AvgIpc) is 3.16. The second-order valence-corrected chi connectivity index (χ2v) is 9.32. The first-order chi connectivity index (χ1) is 15.1. The van der Waals surface area contributed by atoms with Crippen molar-refractivity contribution in [3.63, 3.8) is 0 Å². The molecule has 11 heteroatoms. The van der Waals surface area contributed by atoms with Crippen molar-refractivity contribution < 1.29 is 19.1 Å². The Morgan fingerprint density at radius 1 is 1.10 bits per heavy atom. The quantitative estimate of drug-likeness (QED) is 0.231. The summed E-state index contributed by atoms with van der Waals surface area (Å²) in [7, 11) is 1.64. The monoisotopic (exact) mass is 478 g/mol. The zero-order chi connectivity index (χ0) is 21.9. The number of ether oxygens (including phenoxy) is 2. The van der Waals surface area contributed by atoms with Crippen molar-refractivity contribution in [1.82, 2.24) is 9.97 Å². The summed E-state index contributed by atoms with van der Waals surface area (Å²) in [5.74, 6) is 0.993. The van der Waals surface area contributed by atoms with E-state index in [0.717, 1.165) is 14.6 Å². The van der Waals surface area contributed by atoms with Gasteiger partial charge in [-0.05, 0) is 30.3 Å². The minimum absolute atomic E-state index is 0.166. The van der Waals surface area contributed by atoms with Crippen molar-refractivity contribution in [3.05, 3.63) is 42.6 Å². The fourth-order valence-corrected chi connectivity index (χ4v) is 4.85. The van der Waals surface area contributed by atoms with Gasteiger partial charge in [0, 0.05) is 19.0 Å². The van der Waals surface area contributed by atoms with Gasteiger partial charge in [0.05, 0.1) is 40.9 Å². The summed E-state index contributed by atoms with van der Waals surface area (Å²) in [6.07, 6.45) is 1.61. The number of thiazole rings is 1. The Bertz CT molecular complexity index is 1000. The Balaban J connectivity index is 1.42. The first kappa shape index (κ1) is 23.5. The maximum atomic E-state index is 12.2. The van der Waals surface area contributed by atoms with Gasteiger partial charge in [0.25, 0.3) is 0 Å². The summed E-state index contributed by atoms with van der Waals surface area (Å²) in [6.45, 7) is 1.12. The van der Waals surface area contributed by atoms with E-state index in [4.69, 9.17) is 9.47 Å². The van der Waals surface area contributed by atoms with E-state index in [9.17, 15) is 9.59 Å². The van der Waals surface area contributed by atoms with Crippen LogP contribution in [-0.4, -0.2) is 59.6 Å². The molecule has 0 atom stereocenters. The highest BCUT2D eigenvalue weighted by molar-refractivity contribution is 8.01. The molecule has 3 aromatic rings. The molecule has 0 spiro atoms. The predicted molar refractivity (Wildman–Crippen MR) is 127 cm³/mol. The topological polar surface area (TPSA) is 102 Å². The van der Waals surface area contributed by atoms with Gasteiger partial charge in [0.15, 0.2) is 4.34 Å². The largest absolute Gasteiger partial charge is 0.382 e. The fraction of sp³-hybridized carbons (Fsp3) is 0.300. The lowest BCUT2D eigenvalue weighted by molar-refractivity contribution is -0.114. The second-order valence-electron chi connectivity index (χ2n) is 6.13. The summed E-state index contributed by atoms with van der Waals surface area (Å²) >= 11 is 4.32. The number of hydrogen-bond donors (Lipinski definition) is 2. The van der Waals surface area contributed by atoms with Crippen molar-refractivity contribution in [2.45, 2.75) is 4.34 Å². The zero-order valence-corrected chi connectivity index (χ0v) is 19.3. The number of pyridine rings is 1. The molecule has 0 radical (unpaired) electrons. The van der Waals surface area contributed by atoms with Crippen LogP contribution in [0.1, 0.15) is 0 Å². The molecule has 31 heavy (non-hydrogen) atoms. The van der Waals surface area contributed by atoms with Crippen LogP contribution in [0, 0.1) is 0 Å². The molecule has 2 heterocycles. The highest BCUT2D eigenvalue weighted by Gasteiger charge is 2.09. The van der Waals surface area contributed by atoms with Crippen molar-refractivity contribution in [3.8, 4) is 0 Å². The number of fused-ring (bicyclic) bond motifs is 1. The molecular formula is C20H22N4O4S3. The van der Waals surface area contributed by atoms with E-state index < -0.39 is 0 Å². The Labute approximate surface area is 192 Å². The molecule has 0 aliphatic carbocycles. The van der Waals surface area contributed by atoms with E-state index in [1.165, 1.54) is 23.5 Å². The molecule has 0 saturated carbocycles. The van der Waals surface area contributed by atoms with E-state index in [2.05, 4.69) is 20.6 Å². The molecule has 2 amide bonds. The van der Waals surface area contributed by atoms with Crippen molar-refractivity contribution in [1.29, 1.82) is 0 Å². The van der Waals surface area contributed by atoms with Crippen LogP contribution >= 0.6 is 34.9 Å². The number of methoxy groups -OCH3 is 1. The zero-order valence-electron chi connectivity index (χ0n) is 16.8. The number of rotatable bonds is 12. The molecule has 164 valence electrons. The van der Waals surface area contributed by atoms with Crippen molar-refractivity contribution in [2.75, 3.05) is 48.4 Å². The third-order valence-corrected chi connectivity index (χ3v) is 6.72. The van der Waals surface area contributed by atoms with Gasteiger partial charge < -0.3 is 20.1 Å². The SMILES string of the molecule is COCCOCSc1nc2ccc(NC(=O)CSCC(=O)Nc3ccccn3)cc2s1. The van der Waals surface area contributed by atoms with Gasteiger partial charge in [0.2, 0.25) is 11.8 Å². The normalized spacial score (nSPS) is 10.9. The number of anilines is 2. The number of nitrogens with zero attached hydrogens (tertiary/aromatic N) is 2. The predicted octanol–water partition coefficient (Wildman–Crippen LogP) is 3.71. The van der Waals surface area contributed by atoms with Crippen LogP contribution in [0.25, 0.3) is 10.2 Å². The van der Waals surface area contributed by atoms with Crippen LogP contribution in [0.4, 0.5) is 11.5 Å². The number of thioether (sulfide) groups is 2. The molecule has 0 fully saturated rings. The van der Waals surface area contributed by atoms with Gasteiger partial charge in [0.1, 0.15) is 5.82 Å². The summed E-state index contributed by atoms with van der Waals surface area (Å²) in [5.41, 5.74) is 1.58. The summed E-state index contributed by atoms with van der Waals surface area (Å²) in [5, 5.41) is 5.55. The number of nitrogens with one attached hydrogen (secondary N) is 2. The number of carbonyl (C=O) groups excluding carboxylic acids is 2. The molecule has 8 nitrogen and oxygen atoms in total. The van der Waals surface area contributed by atoms with Crippen LogP contribution in [0.2, 0.25) is 0 Å². The van der Waals surface area contributed by atoms with E-state index in [0.29, 0.717) is 30.7 Å². The summed E-state index contributed by atoms with van der Waals surface area (Å²) < 4.78 is 12.3. The highest BCUT2D eigenvalue weighted by Crippen LogP contribution is 2.31. The third kappa shape index (κ3) is 8.11. The molecule has 0 bridgehead atoms. The molecule has 1 aromatic carbocycles.